The Morgan fingerprint density at radius 2 is 1.79 bits per heavy atom. The first-order valence-electron chi connectivity index (χ1n) is 3.46. The smallest absolute Gasteiger partial charge is 0.372 e. The molecule has 0 aromatic carbocycles. The van der Waals surface area contributed by atoms with Gasteiger partial charge in [-0.25, -0.2) is 9.59 Å². The normalized spacial score (nSPS) is 7.79. The number of hydrogen-bond acceptors (Lipinski definition) is 5. The second-order valence-corrected chi connectivity index (χ2v) is 1.85. The number of hydrogen-bond donors (Lipinski definition) is 3. The summed E-state index contributed by atoms with van der Waals surface area (Å²) >= 11 is 0. The summed E-state index contributed by atoms with van der Waals surface area (Å²) in [5.41, 5.74) is 0. The van der Waals surface area contributed by atoms with Gasteiger partial charge in [0.2, 0.25) is 0 Å². The van der Waals surface area contributed by atoms with E-state index in [-0.39, 0.29) is 13.2 Å². The molecule has 0 aromatic heterocycles. The van der Waals surface area contributed by atoms with E-state index in [1.165, 1.54) is 0 Å². The van der Waals surface area contributed by atoms with E-state index < -0.39 is 17.7 Å². The van der Waals surface area contributed by atoms with Gasteiger partial charge in [-0.05, 0) is 6.58 Å². The Morgan fingerprint density at radius 1 is 1.36 bits per heavy atom. The van der Waals surface area contributed by atoms with E-state index in [0.29, 0.717) is 0 Å². The maximum Gasteiger partial charge on any atom is 0.372 e. The van der Waals surface area contributed by atoms with Crippen LogP contribution in [0.3, 0.4) is 0 Å². The number of carboxylic acid groups (broad SMARTS) is 1. The van der Waals surface area contributed by atoms with Gasteiger partial charge in [0.25, 0.3) is 0 Å². The molecule has 0 heterocycles. The van der Waals surface area contributed by atoms with Gasteiger partial charge in [-0.15, -0.1) is 0 Å². The predicted molar refractivity (Wildman–Crippen MR) is 47.6 cm³/mol. The number of esters is 1. The Kier molecular flexibility index (Phi) is 9.73. The number of aliphatic hydroxyl groups excluding tert-OH is 2. The van der Waals surface area contributed by atoms with E-state index in [1.807, 2.05) is 0 Å². The standard InChI is InChI=1S/C5H8O4.C3H4O2/c1-4(7)5(8)9-3-2-6;1-2-3(4)5/h6-7H,1-3H2;2H,1H2,(H,4,5). The molecule has 3 N–H and O–H groups in total. The number of rotatable bonds is 4. The summed E-state index contributed by atoms with van der Waals surface area (Å²) in [6.07, 6.45) is 0.833. The molecule has 6 heteroatoms. The van der Waals surface area contributed by atoms with Crippen molar-refractivity contribution >= 4 is 11.9 Å². The Hall–Kier alpha value is -1.82. The minimum atomic E-state index is -0.981. The van der Waals surface area contributed by atoms with Crippen molar-refractivity contribution < 1.29 is 29.6 Å². The van der Waals surface area contributed by atoms with Crippen LogP contribution in [0.1, 0.15) is 0 Å². The van der Waals surface area contributed by atoms with Crippen LogP contribution in [-0.2, 0) is 14.3 Å². The van der Waals surface area contributed by atoms with E-state index >= 15 is 0 Å². The fourth-order valence-electron chi connectivity index (χ4n) is 0.222. The summed E-state index contributed by atoms with van der Waals surface area (Å²) in [4.78, 5) is 19.5. The van der Waals surface area contributed by atoms with Gasteiger partial charge in [0, 0.05) is 6.08 Å². The molecular formula is C8H12O6. The summed E-state index contributed by atoms with van der Waals surface area (Å²) in [6, 6.07) is 0. The first-order chi connectivity index (χ1) is 6.45. The largest absolute Gasteiger partial charge is 0.502 e. The fraction of sp³-hybridized carbons (Fsp3) is 0.250. The van der Waals surface area contributed by atoms with Crippen molar-refractivity contribution in [2.45, 2.75) is 0 Å². The van der Waals surface area contributed by atoms with Gasteiger partial charge in [-0.2, -0.15) is 0 Å². The first kappa shape index (κ1) is 14.7. The van der Waals surface area contributed by atoms with Crippen molar-refractivity contribution in [2.75, 3.05) is 13.2 Å². The van der Waals surface area contributed by atoms with Crippen molar-refractivity contribution in [3.8, 4) is 0 Å². The molecule has 80 valence electrons. The van der Waals surface area contributed by atoms with E-state index in [1.54, 1.807) is 0 Å². The van der Waals surface area contributed by atoms with Crippen LogP contribution in [0, 0.1) is 0 Å². The summed E-state index contributed by atoms with van der Waals surface area (Å²) in [5.74, 6) is -2.53. The zero-order chi connectivity index (χ0) is 11.6. The quantitative estimate of drug-likeness (QED) is 0.334. The minimum Gasteiger partial charge on any atom is -0.502 e. The average Bonchev–Trinajstić information content (AvgIpc) is 2.14. The van der Waals surface area contributed by atoms with Gasteiger partial charge in [0.15, 0.2) is 5.76 Å². The van der Waals surface area contributed by atoms with Crippen LogP contribution in [0.2, 0.25) is 0 Å². The molecule has 0 amide bonds. The highest BCUT2D eigenvalue weighted by molar-refractivity contribution is 5.84. The Morgan fingerprint density at radius 3 is 2.00 bits per heavy atom. The van der Waals surface area contributed by atoms with Gasteiger partial charge in [-0.3, -0.25) is 0 Å². The van der Waals surface area contributed by atoms with E-state index in [0.717, 1.165) is 6.08 Å². The topological polar surface area (TPSA) is 104 Å². The lowest BCUT2D eigenvalue weighted by molar-refractivity contribution is -0.143. The number of ether oxygens (including phenoxy) is 1. The number of carbonyl (C=O) groups excluding carboxylic acids is 1. The molecule has 14 heavy (non-hydrogen) atoms. The zero-order valence-corrected chi connectivity index (χ0v) is 7.47. The lowest BCUT2D eigenvalue weighted by Gasteiger charge is -1.98. The van der Waals surface area contributed by atoms with Crippen molar-refractivity contribution in [1.29, 1.82) is 0 Å². The van der Waals surface area contributed by atoms with Crippen LogP contribution in [-0.4, -0.2) is 40.5 Å². The fourth-order valence-corrected chi connectivity index (χ4v) is 0.222. The van der Waals surface area contributed by atoms with Crippen molar-refractivity contribution in [3.05, 3.63) is 25.0 Å². The highest BCUT2D eigenvalue weighted by Crippen LogP contribution is 1.86. The zero-order valence-electron chi connectivity index (χ0n) is 7.47. The molecule has 0 radical (unpaired) electrons. The van der Waals surface area contributed by atoms with Crippen LogP contribution in [0.25, 0.3) is 0 Å². The van der Waals surface area contributed by atoms with Gasteiger partial charge < -0.3 is 20.1 Å². The lowest BCUT2D eigenvalue weighted by atomic mass is 10.6. The van der Waals surface area contributed by atoms with Gasteiger partial charge in [-0.1, -0.05) is 6.58 Å². The highest BCUT2D eigenvalue weighted by atomic mass is 16.6. The molecule has 0 spiro atoms. The Labute approximate surface area is 80.7 Å². The number of carboxylic acids is 1. The molecule has 0 aliphatic carbocycles. The summed E-state index contributed by atoms with van der Waals surface area (Å²) in [5, 5.41) is 24.0. The third-order valence-electron chi connectivity index (χ3n) is 0.735. The lowest BCUT2D eigenvalue weighted by Crippen LogP contribution is -2.09. The van der Waals surface area contributed by atoms with E-state index in [2.05, 4.69) is 17.9 Å². The Balaban J connectivity index is 0. The third-order valence-corrected chi connectivity index (χ3v) is 0.735. The van der Waals surface area contributed by atoms with E-state index in [9.17, 15) is 9.59 Å². The molecule has 0 atom stereocenters. The molecule has 6 nitrogen and oxygen atoms in total. The number of carbonyl (C=O) groups is 2. The van der Waals surface area contributed by atoms with Crippen molar-refractivity contribution in [3.63, 3.8) is 0 Å². The average molecular weight is 204 g/mol. The summed E-state index contributed by atoms with van der Waals surface area (Å²) in [6.45, 7) is 5.50. The molecule has 0 fully saturated rings. The molecule has 0 unspecified atom stereocenters. The minimum absolute atomic E-state index is 0.113. The maximum absolute atomic E-state index is 10.2. The van der Waals surface area contributed by atoms with Gasteiger partial charge >= 0.3 is 11.9 Å². The molecule has 0 saturated heterocycles. The van der Waals surface area contributed by atoms with Crippen molar-refractivity contribution in [1.82, 2.24) is 0 Å². The molecule has 0 bridgehead atoms. The van der Waals surface area contributed by atoms with Gasteiger partial charge in [0.05, 0.1) is 6.61 Å². The second kappa shape index (κ2) is 9.27. The molecule has 0 aromatic rings. The summed E-state index contributed by atoms with van der Waals surface area (Å²) < 4.78 is 4.21. The van der Waals surface area contributed by atoms with Gasteiger partial charge in [0.1, 0.15) is 6.61 Å². The second-order valence-electron chi connectivity index (χ2n) is 1.85. The van der Waals surface area contributed by atoms with Crippen LogP contribution < -0.4 is 0 Å². The van der Waals surface area contributed by atoms with Crippen molar-refractivity contribution in [2.24, 2.45) is 0 Å². The molecule has 0 rings (SSSR count). The van der Waals surface area contributed by atoms with Crippen LogP contribution >= 0.6 is 0 Å². The van der Waals surface area contributed by atoms with Crippen LogP contribution in [0.5, 0.6) is 0 Å². The molecule has 0 saturated carbocycles. The first-order valence-corrected chi connectivity index (χ1v) is 3.46. The monoisotopic (exact) mass is 204 g/mol. The number of aliphatic carboxylic acids is 1. The molecule has 0 aliphatic heterocycles. The highest BCUT2D eigenvalue weighted by Gasteiger charge is 2.03. The van der Waals surface area contributed by atoms with Crippen LogP contribution in [0.15, 0.2) is 25.0 Å². The number of aliphatic hydroxyl groups is 2. The SMILES string of the molecule is C=C(O)C(=O)OCCO.C=CC(=O)O. The summed E-state index contributed by atoms with van der Waals surface area (Å²) in [7, 11) is 0. The maximum atomic E-state index is 10.2. The third kappa shape index (κ3) is 12.8. The molecule has 0 aliphatic rings. The predicted octanol–water partition coefficient (Wildman–Crippen LogP) is -0.149. The van der Waals surface area contributed by atoms with E-state index in [4.69, 9.17) is 15.3 Å². The van der Waals surface area contributed by atoms with Crippen LogP contribution in [0.4, 0.5) is 0 Å². The Bertz CT molecular complexity index is 220. The molecular weight excluding hydrogens is 192 g/mol.